The minimum Gasteiger partial charge on any atom is -0.441 e. The summed E-state index contributed by atoms with van der Waals surface area (Å²) in [6.45, 7) is 0. The number of hydrogen-bond acceptors (Lipinski definition) is 2. The van der Waals surface area contributed by atoms with Crippen molar-refractivity contribution >= 4 is 9.03 Å². The monoisotopic (exact) mass is 460 g/mol. The van der Waals surface area contributed by atoms with E-state index in [1.165, 1.54) is 16.7 Å². The molecule has 0 aliphatic carbocycles. The van der Waals surface area contributed by atoms with Crippen LogP contribution in [0.25, 0.3) is 0 Å². The van der Waals surface area contributed by atoms with Crippen LogP contribution >= 0.6 is 9.03 Å². The molecule has 0 aromatic heterocycles. The van der Waals surface area contributed by atoms with Crippen molar-refractivity contribution in [3.8, 4) is 11.5 Å². The van der Waals surface area contributed by atoms with Gasteiger partial charge in [-0.25, -0.2) is 0 Å². The van der Waals surface area contributed by atoms with Crippen molar-refractivity contribution in [1.29, 1.82) is 0 Å². The highest BCUT2D eigenvalue weighted by atomic mass is 31.1. The van der Waals surface area contributed by atoms with Gasteiger partial charge in [0.25, 0.3) is 9.03 Å². The zero-order valence-electron chi connectivity index (χ0n) is 18.7. The van der Waals surface area contributed by atoms with E-state index in [1.54, 1.807) is 0 Å². The lowest BCUT2D eigenvalue weighted by molar-refractivity contribution is 0.506. The highest BCUT2D eigenvalue weighted by Crippen LogP contribution is 2.48. The van der Waals surface area contributed by atoms with E-state index < -0.39 is 5.41 Å². The Bertz CT molecular complexity index is 1210. The second kappa shape index (κ2) is 10.4. The van der Waals surface area contributed by atoms with E-state index in [-0.39, 0.29) is 9.03 Å². The summed E-state index contributed by atoms with van der Waals surface area (Å²) in [6.07, 6.45) is 0. The Balaban J connectivity index is 1.68. The fourth-order valence-electron chi connectivity index (χ4n) is 4.50. The van der Waals surface area contributed by atoms with Crippen molar-refractivity contribution in [2.75, 3.05) is 0 Å². The maximum Gasteiger partial charge on any atom is 0.275 e. The minimum atomic E-state index is -0.558. The molecule has 166 valence electrons. The molecule has 0 heterocycles. The van der Waals surface area contributed by atoms with Crippen LogP contribution in [0.3, 0.4) is 0 Å². The summed E-state index contributed by atoms with van der Waals surface area (Å²) >= 11 is 0. The maximum absolute atomic E-state index is 6.32. The summed E-state index contributed by atoms with van der Waals surface area (Å²) in [4.78, 5) is 0. The van der Waals surface area contributed by atoms with E-state index in [1.807, 2.05) is 42.5 Å². The molecule has 0 amide bonds. The predicted molar refractivity (Wildman–Crippen MR) is 141 cm³/mol. The van der Waals surface area contributed by atoms with Gasteiger partial charge in [0, 0.05) is 5.56 Å². The SMILES string of the molecule is c1ccc(OPOc2ccccc2C(c2ccccc2)(c2ccccc2)c2ccccc2)cc1. The van der Waals surface area contributed by atoms with Gasteiger partial charge in [-0.15, -0.1) is 0 Å². The molecule has 0 aliphatic rings. The third kappa shape index (κ3) is 4.33. The van der Waals surface area contributed by atoms with E-state index in [2.05, 4.69) is 103 Å². The van der Waals surface area contributed by atoms with Gasteiger partial charge in [-0.3, -0.25) is 0 Å². The minimum absolute atomic E-state index is 0.164. The van der Waals surface area contributed by atoms with Crippen LogP contribution in [0.4, 0.5) is 0 Å². The number of hydrogen-bond donors (Lipinski definition) is 0. The van der Waals surface area contributed by atoms with Crippen LogP contribution in [0, 0.1) is 0 Å². The average Bonchev–Trinajstić information content (AvgIpc) is 2.92. The van der Waals surface area contributed by atoms with Crippen molar-refractivity contribution in [3.63, 3.8) is 0 Å². The van der Waals surface area contributed by atoms with Gasteiger partial charge >= 0.3 is 0 Å². The fourth-order valence-corrected chi connectivity index (χ4v) is 5.04. The van der Waals surface area contributed by atoms with Crippen LogP contribution in [0.5, 0.6) is 11.5 Å². The smallest absolute Gasteiger partial charge is 0.275 e. The Morgan fingerprint density at radius 3 is 1.32 bits per heavy atom. The van der Waals surface area contributed by atoms with Crippen LogP contribution in [-0.2, 0) is 5.41 Å². The van der Waals surface area contributed by atoms with Gasteiger partial charge in [0.2, 0.25) is 0 Å². The highest BCUT2D eigenvalue weighted by molar-refractivity contribution is 7.27. The Kier molecular flexibility index (Phi) is 6.70. The first kappa shape index (κ1) is 21.9. The van der Waals surface area contributed by atoms with E-state index in [0.717, 1.165) is 17.1 Å². The van der Waals surface area contributed by atoms with Crippen LogP contribution < -0.4 is 9.05 Å². The van der Waals surface area contributed by atoms with Crippen LogP contribution in [0.2, 0.25) is 0 Å². The average molecular weight is 461 g/mol. The summed E-state index contributed by atoms with van der Waals surface area (Å²) < 4.78 is 12.2. The molecule has 1 unspecified atom stereocenters. The molecule has 3 heteroatoms. The lowest BCUT2D eigenvalue weighted by atomic mass is 9.65. The van der Waals surface area contributed by atoms with Crippen molar-refractivity contribution in [3.05, 3.63) is 168 Å². The molecule has 5 aromatic carbocycles. The summed E-state index contributed by atoms with van der Waals surface area (Å²) in [5.74, 6) is 1.59. The van der Waals surface area contributed by atoms with Gasteiger partial charge in [0.05, 0.1) is 5.41 Å². The summed E-state index contributed by atoms with van der Waals surface area (Å²) in [6, 6.07) is 50.0. The predicted octanol–water partition coefficient (Wildman–Crippen LogP) is 8.04. The van der Waals surface area contributed by atoms with Gasteiger partial charge in [-0.2, -0.15) is 0 Å². The van der Waals surface area contributed by atoms with Crippen LogP contribution in [-0.4, -0.2) is 0 Å². The molecule has 0 N–H and O–H groups in total. The molecule has 0 saturated carbocycles. The van der Waals surface area contributed by atoms with Crippen LogP contribution in [0.15, 0.2) is 146 Å². The van der Waals surface area contributed by atoms with E-state index in [9.17, 15) is 0 Å². The lowest BCUT2D eigenvalue weighted by Crippen LogP contribution is -2.31. The second-order valence-electron chi connectivity index (χ2n) is 7.94. The lowest BCUT2D eigenvalue weighted by Gasteiger charge is -2.37. The number of para-hydroxylation sites is 2. The molecule has 5 rings (SSSR count). The Hall–Kier alpha value is -3.87. The Labute approximate surface area is 202 Å². The van der Waals surface area contributed by atoms with Crippen molar-refractivity contribution in [2.24, 2.45) is 0 Å². The molecule has 0 aliphatic heterocycles. The molecular weight excluding hydrogens is 435 g/mol. The standard InChI is InChI=1S/C31H25O2P/c1-5-15-25(16-6-1)31(26-17-7-2-8-18-26,27-19-9-3-10-20-27)29-23-13-14-24-30(29)33-34-32-28-21-11-4-12-22-28/h1-24,34H. The molecular formula is C31H25O2P. The molecule has 0 fully saturated rings. The fraction of sp³-hybridized carbons (Fsp3) is 0.0323. The van der Waals surface area contributed by atoms with Crippen molar-refractivity contribution in [2.45, 2.75) is 5.41 Å². The molecule has 2 nitrogen and oxygen atoms in total. The van der Waals surface area contributed by atoms with Gasteiger partial charge in [-0.1, -0.05) is 127 Å². The van der Waals surface area contributed by atoms with Crippen molar-refractivity contribution in [1.82, 2.24) is 0 Å². The Morgan fingerprint density at radius 1 is 0.412 bits per heavy atom. The zero-order chi connectivity index (χ0) is 23.1. The number of rotatable bonds is 8. The molecule has 0 spiro atoms. The first-order valence-electron chi connectivity index (χ1n) is 11.3. The zero-order valence-corrected chi connectivity index (χ0v) is 19.7. The number of benzene rings is 5. The van der Waals surface area contributed by atoms with E-state index >= 15 is 0 Å². The normalized spacial score (nSPS) is 11.4. The third-order valence-corrected chi connectivity index (χ3v) is 6.59. The van der Waals surface area contributed by atoms with Gasteiger partial charge in [0.15, 0.2) is 0 Å². The molecule has 34 heavy (non-hydrogen) atoms. The Morgan fingerprint density at radius 2 is 0.824 bits per heavy atom. The first-order chi connectivity index (χ1) is 16.9. The molecule has 0 bridgehead atoms. The van der Waals surface area contributed by atoms with E-state index in [0.29, 0.717) is 0 Å². The molecule has 0 radical (unpaired) electrons. The van der Waals surface area contributed by atoms with Gasteiger partial charge in [0.1, 0.15) is 11.5 Å². The van der Waals surface area contributed by atoms with E-state index in [4.69, 9.17) is 9.05 Å². The largest absolute Gasteiger partial charge is 0.441 e. The quantitative estimate of drug-likeness (QED) is 0.172. The molecule has 1 atom stereocenters. The molecule has 0 saturated heterocycles. The molecule has 5 aromatic rings. The topological polar surface area (TPSA) is 18.5 Å². The first-order valence-corrected chi connectivity index (χ1v) is 12.1. The summed E-state index contributed by atoms with van der Waals surface area (Å²) in [5.41, 5.74) is 4.04. The second-order valence-corrected chi connectivity index (χ2v) is 8.52. The van der Waals surface area contributed by atoms with Gasteiger partial charge < -0.3 is 9.05 Å². The highest BCUT2D eigenvalue weighted by Gasteiger charge is 2.40. The van der Waals surface area contributed by atoms with Crippen molar-refractivity contribution < 1.29 is 9.05 Å². The van der Waals surface area contributed by atoms with Crippen LogP contribution in [0.1, 0.15) is 22.3 Å². The van der Waals surface area contributed by atoms with Gasteiger partial charge in [-0.05, 0) is 34.9 Å². The maximum atomic E-state index is 6.32. The summed E-state index contributed by atoms with van der Waals surface area (Å²) in [7, 11) is -0.164. The summed E-state index contributed by atoms with van der Waals surface area (Å²) in [5, 5.41) is 0. The third-order valence-electron chi connectivity index (χ3n) is 5.97.